The van der Waals surface area contributed by atoms with Crippen molar-refractivity contribution in [3.05, 3.63) is 33.3 Å². The predicted octanol–water partition coefficient (Wildman–Crippen LogP) is 1.74. The first-order chi connectivity index (χ1) is 7.13. The molecule has 4 nitrogen and oxygen atoms in total. The summed E-state index contributed by atoms with van der Waals surface area (Å²) < 4.78 is 2.42. The van der Waals surface area contributed by atoms with Gasteiger partial charge in [0.05, 0.1) is 5.39 Å². The molecule has 5 heteroatoms. The van der Waals surface area contributed by atoms with Crippen LogP contribution in [0.1, 0.15) is 0 Å². The van der Waals surface area contributed by atoms with Gasteiger partial charge in [-0.25, -0.2) is 4.98 Å². The van der Waals surface area contributed by atoms with Gasteiger partial charge in [0.1, 0.15) is 5.82 Å². The Hall–Kier alpha value is -1.36. The van der Waals surface area contributed by atoms with E-state index in [4.69, 9.17) is 0 Å². The van der Waals surface area contributed by atoms with Crippen molar-refractivity contribution < 1.29 is 0 Å². The molecule has 78 valence electrons. The van der Waals surface area contributed by atoms with Crippen LogP contribution in [0.2, 0.25) is 0 Å². The van der Waals surface area contributed by atoms with Crippen molar-refractivity contribution in [1.29, 1.82) is 0 Å². The molecule has 1 N–H and O–H groups in total. The fraction of sp³-hybridized carbons (Fsp3) is 0.200. The maximum Gasteiger partial charge on any atom is 0.258 e. The number of hydrogen-bond acceptors (Lipinski definition) is 3. The van der Waals surface area contributed by atoms with Crippen molar-refractivity contribution in [2.45, 2.75) is 0 Å². The molecule has 0 saturated carbocycles. The Morgan fingerprint density at radius 2 is 2.20 bits per heavy atom. The molecule has 0 fully saturated rings. The molecule has 0 atom stereocenters. The van der Waals surface area contributed by atoms with Gasteiger partial charge in [-0.3, -0.25) is 4.79 Å². The zero-order chi connectivity index (χ0) is 11.0. The fourth-order valence-electron chi connectivity index (χ4n) is 1.45. The van der Waals surface area contributed by atoms with E-state index in [9.17, 15) is 4.79 Å². The van der Waals surface area contributed by atoms with Crippen LogP contribution in [0, 0.1) is 0 Å². The van der Waals surface area contributed by atoms with Gasteiger partial charge in [0.15, 0.2) is 0 Å². The number of nitrogens with zero attached hydrogens (tertiary/aromatic N) is 2. The van der Waals surface area contributed by atoms with Crippen LogP contribution in [0.15, 0.2) is 27.7 Å². The third-order valence-corrected chi connectivity index (χ3v) is 2.91. The highest BCUT2D eigenvalue weighted by Crippen LogP contribution is 2.21. The van der Waals surface area contributed by atoms with Gasteiger partial charge in [-0.1, -0.05) is 0 Å². The average Bonchev–Trinajstić information content (AvgIpc) is 2.25. The molecule has 2 aromatic heterocycles. The predicted molar refractivity (Wildman–Crippen MR) is 64.2 cm³/mol. The molecule has 0 unspecified atom stereocenters. The van der Waals surface area contributed by atoms with Crippen molar-refractivity contribution in [3.8, 4) is 0 Å². The highest BCUT2D eigenvalue weighted by Gasteiger charge is 2.06. The maximum absolute atomic E-state index is 11.8. The van der Waals surface area contributed by atoms with E-state index in [1.54, 1.807) is 37.1 Å². The first kappa shape index (κ1) is 10.2. The highest BCUT2D eigenvalue weighted by molar-refractivity contribution is 9.10. The Morgan fingerprint density at radius 1 is 1.47 bits per heavy atom. The minimum atomic E-state index is -0.0212. The second kappa shape index (κ2) is 3.66. The molecule has 0 radical (unpaired) electrons. The van der Waals surface area contributed by atoms with Crippen LogP contribution in [0.3, 0.4) is 0 Å². The Kier molecular flexibility index (Phi) is 2.48. The summed E-state index contributed by atoms with van der Waals surface area (Å²) >= 11 is 3.41. The first-order valence-corrected chi connectivity index (χ1v) is 5.25. The largest absolute Gasteiger partial charge is 0.373 e. The summed E-state index contributed by atoms with van der Waals surface area (Å²) in [5.74, 6) is 0.692. The molecule has 0 aromatic carbocycles. The topological polar surface area (TPSA) is 46.9 Å². The zero-order valence-electron chi connectivity index (χ0n) is 8.41. The lowest BCUT2D eigenvalue weighted by Crippen LogP contribution is -2.16. The Labute approximate surface area is 95.1 Å². The van der Waals surface area contributed by atoms with Crippen molar-refractivity contribution >= 4 is 32.5 Å². The van der Waals surface area contributed by atoms with E-state index in [1.165, 1.54) is 0 Å². The van der Waals surface area contributed by atoms with E-state index in [-0.39, 0.29) is 5.56 Å². The second-order valence-corrected chi connectivity index (χ2v) is 4.11. The number of fused-ring (bicyclic) bond motifs is 1. The highest BCUT2D eigenvalue weighted by atomic mass is 79.9. The summed E-state index contributed by atoms with van der Waals surface area (Å²) in [7, 11) is 3.50. The smallest absolute Gasteiger partial charge is 0.258 e. The number of pyridine rings is 2. The van der Waals surface area contributed by atoms with Crippen molar-refractivity contribution in [3.63, 3.8) is 0 Å². The molecule has 0 bridgehead atoms. The van der Waals surface area contributed by atoms with Crippen LogP contribution in [0.5, 0.6) is 0 Å². The molecule has 0 aliphatic rings. The molecule has 15 heavy (non-hydrogen) atoms. The van der Waals surface area contributed by atoms with Crippen molar-refractivity contribution in [1.82, 2.24) is 9.55 Å². The van der Waals surface area contributed by atoms with Crippen LogP contribution in [-0.2, 0) is 7.05 Å². The first-order valence-electron chi connectivity index (χ1n) is 4.46. The molecule has 2 rings (SSSR count). The Morgan fingerprint density at radius 3 is 2.87 bits per heavy atom. The number of nitrogens with one attached hydrogen (secondary N) is 1. The number of rotatable bonds is 1. The second-order valence-electron chi connectivity index (χ2n) is 3.26. The number of aryl methyl sites for hydroxylation is 1. The normalized spacial score (nSPS) is 10.6. The summed E-state index contributed by atoms with van der Waals surface area (Å²) in [6.07, 6.45) is 3.43. The molecule has 2 heterocycles. The monoisotopic (exact) mass is 267 g/mol. The molecule has 2 aromatic rings. The Bertz CT molecular complexity index is 577. The van der Waals surface area contributed by atoms with E-state index in [1.807, 2.05) is 0 Å². The van der Waals surface area contributed by atoms with E-state index in [0.29, 0.717) is 11.2 Å². The zero-order valence-corrected chi connectivity index (χ0v) is 10.00. The van der Waals surface area contributed by atoms with Crippen LogP contribution in [-0.4, -0.2) is 16.6 Å². The number of anilines is 1. The van der Waals surface area contributed by atoms with E-state index in [0.717, 1.165) is 9.86 Å². The molecule has 0 aliphatic heterocycles. The molecular weight excluding hydrogens is 258 g/mol. The lowest BCUT2D eigenvalue weighted by Gasteiger charge is -2.05. The molecule has 0 amide bonds. The van der Waals surface area contributed by atoms with Crippen LogP contribution < -0.4 is 10.9 Å². The molecule has 0 saturated heterocycles. The summed E-state index contributed by atoms with van der Waals surface area (Å²) in [6, 6.07) is 1.75. The van der Waals surface area contributed by atoms with Gasteiger partial charge in [0, 0.05) is 36.3 Å². The lowest BCUT2D eigenvalue weighted by atomic mass is 10.2. The standard InChI is InChI=1S/C10H10BrN3O/c1-12-9-3-6-7(4-13-9)8(11)5-14(2)10(6)15/h3-5H,1-2H3,(H,12,13). The quantitative estimate of drug-likeness (QED) is 0.856. The summed E-state index contributed by atoms with van der Waals surface area (Å²) in [5, 5.41) is 4.40. The third-order valence-electron chi connectivity index (χ3n) is 2.28. The van der Waals surface area contributed by atoms with E-state index < -0.39 is 0 Å². The van der Waals surface area contributed by atoms with Crippen molar-refractivity contribution in [2.24, 2.45) is 7.05 Å². The maximum atomic E-state index is 11.8. The van der Waals surface area contributed by atoms with E-state index >= 15 is 0 Å². The minimum absolute atomic E-state index is 0.0212. The van der Waals surface area contributed by atoms with Gasteiger partial charge in [0.25, 0.3) is 5.56 Å². The fourth-order valence-corrected chi connectivity index (χ4v) is 2.07. The lowest BCUT2D eigenvalue weighted by molar-refractivity contribution is 0.868. The third kappa shape index (κ3) is 1.63. The molecule has 0 aliphatic carbocycles. The number of hydrogen-bond donors (Lipinski definition) is 1. The summed E-state index contributed by atoms with van der Waals surface area (Å²) in [5.41, 5.74) is -0.0212. The van der Waals surface area contributed by atoms with Gasteiger partial charge in [-0.15, -0.1) is 0 Å². The number of halogens is 1. The summed E-state index contributed by atoms with van der Waals surface area (Å²) in [6.45, 7) is 0. The van der Waals surface area contributed by atoms with E-state index in [2.05, 4.69) is 26.2 Å². The van der Waals surface area contributed by atoms with Gasteiger partial charge >= 0.3 is 0 Å². The number of aromatic nitrogens is 2. The van der Waals surface area contributed by atoms with Crippen LogP contribution in [0.25, 0.3) is 10.8 Å². The molecular formula is C10H10BrN3O. The molecule has 0 spiro atoms. The van der Waals surface area contributed by atoms with Crippen LogP contribution in [0.4, 0.5) is 5.82 Å². The van der Waals surface area contributed by atoms with Gasteiger partial charge < -0.3 is 9.88 Å². The van der Waals surface area contributed by atoms with Gasteiger partial charge in [-0.2, -0.15) is 0 Å². The average molecular weight is 268 g/mol. The van der Waals surface area contributed by atoms with Crippen molar-refractivity contribution in [2.75, 3.05) is 12.4 Å². The summed E-state index contributed by atoms with van der Waals surface area (Å²) in [4.78, 5) is 16.0. The van der Waals surface area contributed by atoms with Gasteiger partial charge in [0.2, 0.25) is 0 Å². The van der Waals surface area contributed by atoms with Gasteiger partial charge in [-0.05, 0) is 22.0 Å². The minimum Gasteiger partial charge on any atom is -0.373 e. The SMILES string of the molecule is CNc1cc2c(=O)n(C)cc(Br)c2cn1. The van der Waals surface area contributed by atoms with Crippen LogP contribution >= 0.6 is 15.9 Å². The Balaban J connectivity index is 2.91.